The number of fused-ring (bicyclic) bond motifs is 1. The third-order valence-corrected chi connectivity index (χ3v) is 3.66. The van der Waals surface area contributed by atoms with E-state index in [-0.39, 0.29) is 6.10 Å². The van der Waals surface area contributed by atoms with Crippen molar-refractivity contribution in [2.75, 3.05) is 44.3 Å². The van der Waals surface area contributed by atoms with E-state index in [2.05, 4.69) is 22.2 Å². The Bertz CT molecular complexity index is 601. The molecule has 20 heavy (non-hydrogen) atoms. The maximum absolute atomic E-state index is 5.96. The molecule has 0 bridgehead atoms. The molecule has 1 aromatic carbocycles. The Morgan fingerprint density at radius 2 is 2.35 bits per heavy atom. The summed E-state index contributed by atoms with van der Waals surface area (Å²) < 4.78 is 5.76. The molecule has 1 saturated heterocycles. The molecule has 0 amide bonds. The molecule has 0 aliphatic carbocycles. The van der Waals surface area contributed by atoms with Crippen molar-refractivity contribution >= 4 is 22.3 Å². The van der Waals surface area contributed by atoms with E-state index in [9.17, 15) is 0 Å². The van der Waals surface area contributed by atoms with Gasteiger partial charge in [0.15, 0.2) is 0 Å². The van der Waals surface area contributed by atoms with Crippen LogP contribution in [0.1, 0.15) is 0 Å². The fourth-order valence-electron chi connectivity index (χ4n) is 2.57. The second-order valence-electron chi connectivity index (χ2n) is 5.24. The number of rotatable bonds is 3. The third kappa shape index (κ3) is 2.69. The summed E-state index contributed by atoms with van der Waals surface area (Å²) in [6, 6.07) is 7.84. The van der Waals surface area contributed by atoms with Gasteiger partial charge in [-0.05, 0) is 19.2 Å². The topological polar surface area (TPSA) is 63.4 Å². The maximum Gasteiger partial charge on any atom is 0.0951 e. The Labute approximate surface area is 118 Å². The molecule has 0 radical (unpaired) electrons. The van der Waals surface area contributed by atoms with Crippen LogP contribution in [-0.2, 0) is 4.74 Å². The number of nitrogens with zero attached hydrogens (tertiary/aromatic N) is 2. The van der Waals surface area contributed by atoms with Crippen LogP contribution < -0.4 is 11.1 Å². The summed E-state index contributed by atoms with van der Waals surface area (Å²) in [5.74, 6) is 0. The molecule has 1 fully saturated rings. The second kappa shape index (κ2) is 5.64. The van der Waals surface area contributed by atoms with E-state index in [1.165, 1.54) is 0 Å². The summed E-state index contributed by atoms with van der Waals surface area (Å²) in [5, 5.41) is 4.51. The minimum atomic E-state index is 0.220. The standard InChI is InChI=1S/C15H20N4O/c1-19-7-8-20-11(10-19)9-18-14-5-6-17-15-12(14)3-2-4-13(15)16/h2-6,11H,7-10,16H2,1H3,(H,17,18). The highest BCUT2D eigenvalue weighted by atomic mass is 16.5. The molecular weight excluding hydrogens is 252 g/mol. The number of ether oxygens (including phenoxy) is 1. The largest absolute Gasteiger partial charge is 0.397 e. The molecule has 0 saturated carbocycles. The van der Waals surface area contributed by atoms with Crippen molar-refractivity contribution in [2.45, 2.75) is 6.10 Å². The Morgan fingerprint density at radius 3 is 3.20 bits per heavy atom. The fraction of sp³-hybridized carbons (Fsp3) is 0.400. The van der Waals surface area contributed by atoms with Crippen molar-refractivity contribution in [1.29, 1.82) is 0 Å². The van der Waals surface area contributed by atoms with Crippen molar-refractivity contribution in [1.82, 2.24) is 9.88 Å². The van der Waals surface area contributed by atoms with Gasteiger partial charge in [0.05, 0.1) is 23.9 Å². The first kappa shape index (κ1) is 13.1. The van der Waals surface area contributed by atoms with E-state index in [0.29, 0.717) is 5.69 Å². The lowest BCUT2D eigenvalue weighted by Crippen LogP contribution is -2.43. The lowest BCUT2D eigenvalue weighted by molar-refractivity contribution is -0.0117. The number of anilines is 2. The van der Waals surface area contributed by atoms with Gasteiger partial charge in [-0.15, -0.1) is 0 Å². The number of morpholine rings is 1. The van der Waals surface area contributed by atoms with Crippen LogP contribution >= 0.6 is 0 Å². The van der Waals surface area contributed by atoms with E-state index in [0.717, 1.165) is 42.8 Å². The van der Waals surface area contributed by atoms with Crippen LogP contribution in [0.4, 0.5) is 11.4 Å². The third-order valence-electron chi connectivity index (χ3n) is 3.66. The predicted molar refractivity (Wildman–Crippen MR) is 81.9 cm³/mol. The van der Waals surface area contributed by atoms with Gasteiger partial charge in [0.25, 0.3) is 0 Å². The Balaban J connectivity index is 1.76. The number of pyridine rings is 1. The Kier molecular flexibility index (Phi) is 3.71. The molecule has 1 aliphatic rings. The van der Waals surface area contributed by atoms with Gasteiger partial charge in [-0.1, -0.05) is 12.1 Å². The van der Waals surface area contributed by atoms with Crippen molar-refractivity contribution in [3.63, 3.8) is 0 Å². The van der Waals surface area contributed by atoms with Crippen LogP contribution in [0.25, 0.3) is 10.9 Å². The maximum atomic E-state index is 5.96. The van der Waals surface area contributed by atoms with E-state index < -0.39 is 0 Å². The molecule has 1 aromatic heterocycles. The molecule has 3 rings (SSSR count). The van der Waals surface area contributed by atoms with Crippen molar-refractivity contribution in [3.05, 3.63) is 30.5 Å². The number of nitrogen functional groups attached to an aromatic ring is 1. The minimum absolute atomic E-state index is 0.220. The fourth-order valence-corrected chi connectivity index (χ4v) is 2.57. The molecule has 106 valence electrons. The van der Waals surface area contributed by atoms with Crippen LogP contribution in [0, 0.1) is 0 Å². The molecule has 1 aliphatic heterocycles. The number of hydrogen-bond donors (Lipinski definition) is 2. The number of aromatic nitrogens is 1. The lowest BCUT2D eigenvalue weighted by Gasteiger charge is -2.30. The number of hydrogen-bond acceptors (Lipinski definition) is 5. The highest BCUT2D eigenvalue weighted by Gasteiger charge is 2.17. The Hall–Kier alpha value is -1.85. The normalized spacial score (nSPS) is 20.1. The SMILES string of the molecule is CN1CCOC(CNc2ccnc3c(N)cccc23)C1. The molecular formula is C15H20N4O. The van der Waals surface area contributed by atoms with Crippen LogP contribution in [0.3, 0.4) is 0 Å². The van der Waals surface area contributed by atoms with Crippen LogP contribution in [0.2, 0.25) is 0 Å². The smallest absolute Gasteiger partial charge is 0.0951 e. The number of nitrogens with one attached hydrogen (secondary N) is 1. The minimum Gasteiger partial charge on any atom is -0.397 e. The van der Waals surface area contributed by atoms with Gasteiger partial charge in [0.2, 0.25) is 0 Å². The molecule has 2 heterocycles. The van der Waals surface area contributed by atoms with E-state index in [1.54, 1.807) is 6.20 Å². The lowest BCUT2D eigenvalue weighted by atomic mass is 10.1. The summed E-state index contributed by atoms with van der Waals surface area (Å²) in [6.45, 7) is 3.55. The van der Waals surface area contributed by atoms with E-state index in [1.807, 2.05) is 24.3 Å². The summed E-state index contributed by atoms with van der Waals surface area (Å²) in [5.41, 5.74) is 8.57. The molecule has 1 unspecified atom stereocenters. The first-order chi connectivity index (χ1) is 9.74. The first-order valence-corrected chi connectivity index (χ1v) is 6.91. The van der Waals surface area contributed by atoms with Crippen LogP contribution in [-0.4, -0.2) is 49.3 Å². The average Bonchev–Trinajstić information content (AvgIpc) is 2.46. The second-order valence-corrected chi connectivity index (χ2v) is 5.24. The number of likely N-dealkylation sites (N-methyl/N-ethyl adjacent to an activating group) is 1. The quantitative estimate of drug-likeness (QED) is 0.830. The van der Waals surface area contributed by atoms with Gasteiger partial charge in [0.1, 0.15) is 0 Å². The monoisotopic (exact) mass is 272 g/mol. The number of benzene rings is 1. The molecule has 0 spiro atoms. The van der Waals surface area contributed by atoms with E-state index >= 15 is 0 Å². The highest BCUT2D eigenvalue weighted by molar-refractivity contribution is 5.97. The predicted octanol–water partition coefficient (Wildman–Crippen LogP) is 1.56. The van der Waals surface area contributed by atoms with Gasteiger partial charge in [-0.25, -0.2) is 0 Å². The highest BCUT2D eigenvalue weighted by Crippen LogP contribution is 2.25. The van der Waals surface area contributed by atoms with Crippen molar-refractivity contribution < 1.29 is 4.74 Å². The van der Waals surface area contributed by atoms with E-state index in [4.69, 9.17) is 10.5 Å². The number of nitrogens with two attached hydrogens (primary N) is 1. The zero-order valence-corrected chi connectivity index (χ0v) is 11.7. The Morgan fingerprint density at radius 1 is 1.45 bits per heavy atom. The van der Waals surface area contributed by atoms with Gasteiger partial charge < -0.3 is 20.7 Å². The van der Waals surface area contributed by atoms with Crippen LogP contribution in [0.15, 0.2) is 30.5 Å². The summed E-state index contributed by atoms with van der Waals surface area (Å²) in [7, 11) is 2.12. The number of para-hydroxylation sites is 1. The summed E-state index contributed by atoms with van der Waals surface area (Å²) >= 11 is 0. The van der Waals surface area contributed by atoms with Crippen molar-refractivity contribution in [3.8, 4) is 0 Å². The van der Waals surface area contributed by atoms with Crippen LogP contribution in [0.5, 0.6) is 0 Å². The molecule has 3 N–H and O–H groups in total. The summed E-state index contributed by atoms with van der Waals surface area (Å²) in [6.07, 6.45) is 2.01. The zero-order valence-electron chi connectivity index (χ0n) is 11.7. The zero-order chi connectivity index (χ0) is 13.9. The molecule has 5 heteroatoms. The molecule has 5 nitrogen and oxygen atoms in total. The summed E-state index contributed by atoms with van der Waals surface area (Å²) in [4.78, 5) is 6.63. The molecule has 1 atom stereocenters. The average molecular weight is 272 g/mol. The first-order valence-electron chi connectivity index (χ1n) is 6.91. The molecule has 2 aromatic rings. The van der Waals surface area contributed by atoms with Gasteiger partial charge in [-0.3, -0.25) is 4.98 Å². The van der Waals surface area contributed by atoms with Crippen molar-refractivity contribution in [2.24, 2.45) is 0 Å². The van der Waals surface area contributed by atoms with Gasteiger partial charge >= 0.3 is 0 Å². The van der Waals surface area contributed by atoms with Gasteiger partial charge in [-0.2, -0.15) is 0 Å². The van der Waals surface area contributed by atoms with Gasteiger partial charge in [0, 0.05) is 36.9 Å².